The van der Waals surface area contributed by atoms with E-state index in [-0.39, 0.29) is 22.9 Å². The molecule has 0 fully saturated rings. The molecule has 9 heteroatoms. The Kier molecular flexibility index (Phi) is 7.45. The number of amides is 1. The Balaban J connectivity index is 2.25. The van der Waals surface area contributed by atoms with E-state index >= 15 is 0 Å². The van der Waals surface area contributed by atoms with Crippen LogP contribution in [0.2, 0.25) is 0 Å². The lowest BCUT2D eigenvalue weighted by Gasteiger charge is -2.14. The molecule has 0 radical (unpaired) electrons. The monoisotopic (exact) mass is 415 g/mol. The molecule has 0 aliphatic rings. The molecule has 2 rings (SSSR count). The van der Waals surface area contributed by atoms with Crippen molar-refractivity contribution in [3.8, 4) is 17.6 Å². The molecule has 8 nitrogen and oxygen atoms in total. The van der Waals surface area contributed by atoms with E-state index in [2.05, 4.69) is 16.4 Å². The number of ether oxygens (including phenoxy) is 3. The predicted octanol–water partition coefficient (Wildman–Crippen LogP) is 3.10. The maximum Gasteiger partial charge on any atom is 0.340 e. The van der Waals surface area contributed by atoms with Crippen molar-refractivity contribution in [2.45, 2.75) is 18.9 Å². The van der Waals surface area contributed by atoms with Gasteiger partial charge >= 0.3 is 5.97 Å². The molecule has 1 amide bonds. The van der Waals surface area contributed by atoms with Gasteiger partial charge in [0.1, 0.15) is 11.1 Å². The zero-order chi connectivity index (χ0) is 21.6. The molecular formula is C20H21N3O5S. The van der Waals surface area contributed by atoms with E-state index in [9.17, 15) is 14.9 Å². The zero-order valence-corrected chi connectivity index (χ0v) is 17.6. The lowest BCUT2D eigenvalue weighted by Crippen LogP contribution is -2.17. The second-order valence-electron chi connectivity index (χ2n) is 5.95. The molecule has 0 bridgehead atoms. The lowest BCUT2D eigenvalue weighted by atomic mass is 10.1. The lowest BCUT2D eigenvalue weighted by molar-refractivity contribution is -0.113. The van der Waals surface area contributed by atoms with Gasteiger partial charge in [0.25, 0.3) is 0 Å². The smallest absolute Gasteiger partial charge is 0.340 e. The third kappa shape index (κ3) is 5.18. The molecule has 0 spiro atoms. The van der Waals surface area contributed by atoms with E-state index in [1.165, 1.54) is 33.5 Å². The summed E-state index contributed by atoms with van der Waals surface area (Å²) in [7, 11) is 4.14. The van der Waals surface area contributed by atoms with Gasteiger partial charge in [0.15, 0.2) is 11.5 Å². The van der Waals surface area contributed by atoms with Crippen molar-refractivity contribution in [2.24, 2.45) is 0 Å². The van der Waals surface area contributed by atoms with E-state index in [0.29, 0.717) is 22.1 Å². The first-order chi connectivity index (χ1) is 13.8. The molecule has 0 unspecified atom stereocenters. The Bertz CT molecular complexity index is 985. The van der Waals surface area contributed by atoms with Gasteiger partial charge in [-0.25, -0.2) is 9.78 Å². The standard InChI is InChI=1S/C20H21N3O5S/c1-11-6-12(2)22-19(14(11)9-21)29-10-18(24)23-15-8-17(27-4)16(26-3)7-13(15)20(25)28-5/h6-8H,10H2,1-5H3,(H,23,24). The number of aryl methyl sites for hydroxylation is 2. The van der Waals surface area contributed by atoms with Gasteiger partial charge in [0.2, 0.25) is 5.91 Å². The number of carbonyl (C=O) groups excluding carboxylic acids is 2. The van der Waals surface area contributed by atoms with Gasteiger partial charge in [0, 0.05) is 17.8 Å². The number of anilines is 1. The van der Waals surface area contributed by atoms with Gasteiger partial charge in [-0.2, -0.15) is 5.26 Å². The number of benzene rings is 1. The van der Waals surface area contributed by atoms with Crippen LogP contribution in [0.1, 0.15) is 27.2 Å². The van der Waals surface area contributed by atoms with Crippen LogP contribution < -0.4 is 14.8 Å². The fourth-order valence-electron chi connectivity index (χ4n) is 2.62. The van der Waals surface area contributed by atoms with Crippen LogP contribution in [-0.4, -0.2) is 43.9 Å². The molecule has 1 aromatic heterocycles. The highest BCUT2D eigenvalue weighted by Crippen LogP contribution is 2.34. The van der Waals surface area contributed by atoms with Crippen LogP contribution in [0.25, 0.3) is 0 Å². The van der Waals surface area contributed by atoms with Crippen molar-refractivity contribution in [3.63, 3.8) is 0 Å². The minimum absolute atomic E-state index is 0.000466. The van der Waals surface area contributed by atoms with E-state index in [0.717, 1.165) is 23.0 Å². The van der Waals surface area contributed by atoms with Gasteiger partial charge in [0.05, 0.1) is 43.9 Å². The average Bonchev–Trinajstić information content (AvgIpc) is 2.70. The summed E-state index contributed by atoms with van der Waals surface area (Å²) >= 11 is 1.15. The minimum Gasteiger partial charge on any atom is -0.493 e. The number of methoxy groups -OCH3 is 3. The molecule has 0 atom stereocenters. The fraction of sp³-hybridized carbons (Fsp3) is 0.300. The van der Waals surface area contributed by atoms with Crippen LogP contribution >= 0.6 is 11.8 Å². The molecule has 0 aliphatic heterocycles. The Labute approximate surface area is 173 Å². The molecule has 1 N–H and O–H groups in total. The number of hydrogen-bond acceptors (Lipinski definition) is 8. The van der Waals surface area contributed by atoms with Crippen LogP contribution in [-0.2, 0) is 9.53 Å². The van der Waals surface area contributed by atoms with Crippen molar-refractivity contribution in [1.82, 2.24) is 4.98 Å². The summed E-state index contributed by atoms with van der Waals surface area (Å²) in [6.45, 7) is 3.65. The van der Waals surface area contributed by atoms with Crippen molar-refractivity contribution in [2.75, 3.05) is 32.4 Å². The van der Waals surface area contributed by atoms with Gasteiger partial charge in [-0.15, -0.1) is 0 Å². The Morgan fingerprint density at radius 2 is 1.79 bits per heavy atom. The van der Waals surface area contributed by atoms with E-state index in [4.69, 9.17) is 14.2 Å². The summed E-state index contributed by atoms with van der Waals surface area (Å²) in [5.41, 5.74) is 2.36. The van der Waals surface area contributed by atoms with Crippen LogP contribution in [0.3, 0.4) is 0 Å². The van der Waals surface area contributed by atoms with E-state index < -0.39 is 5.97 Å². The summed E-state index contributed by atoms with van der Waals surface area (Å²) in [5, 5.41) is 12.5. The number of esters is 1. The SMILES string of the molecule is COC(=O)c1cc(OC)c(OC)cc1NC(=O)CSc1nc(C)cc(C)c1C#N. The highest BCUT2D eigenvalue weighted by molar-refractivity contribution is 8.00. The number of carbonyl (C=O) groups is 2. The number of nitrogens with zero attached hydrogens (tertiary/aromatic N) is 2. The maximum atomic E-state index is 12.5. The highest BCUT2D eigenvalue weighted by Gasteiger charge is 2.19. The van der Waals surface area contributed by atoms with Gasteiger partial charge in [-0.1, -0.05) is 11.8 Å². The normalized spacial score (nSPS) is 10.1. The third-order valence-corrected chi connectivity index (χ3v) is 4.94. The number of pyridine rings is 1. The average molecular weight is 415 g/mol. The van der Waals surface area contributed by atoms with Crippen LogP contribution in [0.4, 0.5) is 5.69 Å². The number of thioether (sulfide) groups is 1. The molecule has 0 saturated heterocycles. The summed E-state index contributed by atoms with van der Waals surface area (Å²) in [6, 6.07) is 6.86. The largest absolute Gasteiger partial charge is 0.493 e. The summed E-state index contributed by atoms with van der Waals surface area (Å²) in [4.78, 5) is 28.9. The number of rotatable bonds is 7. The summed E-state index contributed by atoms with van der Waals surface area (Å²) in [5.74, 6) is -0.322. The van der Waals surface area contributed by atoms with Crippen LogP contribution in [0, 0.1) is 25.2 Å². The molecule has 2 aromatic rings. The maximum absolute atomic E-state index is 12.5. The third-order valence-electron chi connectivity index (χ3n) is 3.97. The first kappa shape index (κ1) is 22.0. The van der Waals surface area contributed by atoms with Crippen molar-refractivity contribution in [1.29, 1.82) is 5.26 Å². The number of nitriles is 1. The molecule has 152 valence electrons. The van der Waals surface area contributed by atoms with Gasteiger partial charge in [-0.3, -0.25) is 4.79 Å². The molecule has 0 saturated carbocycles. The second kappa shape index (κ2) is 9.80. The summed E-state index contributed by atoms with van der Waals surface area (Å²) < 4.78 is 15.2. The minimum atomic E-state index is -0.628. The number of nitrogens with one attached hydrogen (secondary N) is 1. The van der Waals surface area contributed by atoms with Crippen LogP contribution in [0.15, 0.2) is 23.2 Å². The molecule has 1 heterocycles. The van der Waals surface area contributed by atoms with Gasteiger partial charge < -0.3 is 19.5 Å². The Morgan fingerprint density at radius 3 is 2.38 bits per heavy atom. The summed E-state index contributed by atoms with van der Waals surface area (Å²) in [6.07, 6.45) is 0. The van der Waals surface area contributed by atoms with Crippen molar-refractivity contribution in [3.05, 3.63) is 40.6 Å². The molecule has 0 aliphatic carbocycles. The van der Waals surface area contributed by atoms with Gasteiger partial charge in [-0.05, 0) is 25.5 Å². The Hall–Kier alpha value is -3.25. The van der Waals surface area contributed by atoms with E-state index in [1.807, 2.05) is 19.9 Å². The predicted molar refractivity (Wildman–Crippen MR) is 109 cm³/mol. The van der Waals surface area contributed by atoms with E-state index in [1.54, 1.807) is 0 Å². The first-order valence-corrected chi connectivity index (χ1v) is 9.48. The van der Waals surface area contributed by atoms with Crippen molar-refractivity contribution < 1.29 is 23.8 Å². The molecule has 29 heavy (non-hydrogen) atoms. The quantitative estimate of drug-likeness (QED) is 0.542. The Morgan fingerprint density at radius 1 is 1.14 bits per heavy atom. The number of hydrogen-bond donors (Lipinski definition) is 1. The molecule has 1 aromatic carbocycles. The zero-order valence-electron chi connectivity index (χ0n) is 16.8. The van der Waals surface area contributed by atoms with Crippen molar-refractivity contribution >= 4 is 29.3 Å². The molecular weight excluding hydrogens is 394 g/mol. The topological polar surface area (TPSA) is 111 Å². The highest BCUT2D eigenvalue weighted by atomic mass is 32.2. The first-order valence-electron chi connectivity index (χ1n) is 8.49. The second-order valence-corrected chi connectivity index (χ2v) is 6.92. The van der Waals surface area contributed by atoms with Crippen LogP contribution in [0.5, 0.6) is 11.5 Å². The fourth-order valence-corrected chi connectivity index (χ4v) is 3.52. The number of aromatic nitrogens is 1.